The van der Waals surface area contributed by atoms with Gasteiger partial charge in [0.2, 0.25) is 5.17 Å². The van der Waals surface area contributed by atoms with Gasteiger partial charge in [0.15, 0.2) is 17.3 Å². The second-order valence-corrected chi connectivity index (χ2v) is 10.6. The molecule has 1 aromatic heterocycles. The zero-order chi connectivity index (χ0) is 26.6. The van der Waals surface area contributed by atoms with Gasteiger partial charge in [-0.1, -0.05) is 23.7 Å². The van der Waals surface area contributed by atoms with E-state index < -0.39 is 5.91 Å². The Morgan fingerprint density at radius 3 is 2.71 bits per heavy atom. The Bertz CT molecular complexity index is 1480. The van der Waals surface area contributed by atoms with Crippen molar-refractivity contribution >= 4 is 62.7 Å². The monoisotopic (exact) mass is 566 g/mol. The zero-order valence-corrected chi connectivity index (χ0v) is 23.0. The van der Waals surface area contributed by atoms with E-state index in [0.717, 1.165) is 21.2 Å². The van der Waals surface area contributed by atoms with E-state index in [1.54, 1.807) is 42.7 Å². The SMILES string of the molecule is COc1cc(/C=C2/C(=N)N3N=C(c4cccs4)SC3=NC2=O)ccc1OCCCOc1ccc(Cl)c(C)c1. The van der Waals surface area contributed by atoms with E-state index in [1.807, 2.05) is 42.6 Å². The van der Waals surface area contributed by atoms with Crippen molar-refractivity contribution < 1.29 is 19.0 Å². The average Bonchev–Trinajstić information content (AvgIpc) is 3.59. The molecule has 0 unspecified atom stereocenters. The average molecular weight is 567 g/mol. The van der Waals surface area contributed by atoms with Crippen LogP contribution in [0.4, 0.5) is 0 Å². The van der Waals surface area contributed by atoms with Crippen molar-refractivity contribution in [2.45, 2.75) is 13.3 Å². The molecule has 0 fully saturated rings. The minimum absolute atomic E-state index is 0.0192. The molecular weight excluding hydrogens is 544 g/mol. The van der Waals surface area contributed by atoms with Crippen molar-refractivity contribution in [3.63, 3.8) is 0 Å². The summed E-state index contributed by atoms with van der Waals surface area (Å²) in [4.78, 5) is 17.9. The maximum Gasteiger partial charge on any atom is 0.283 e. The lowest BCUT2D eigenvalue weighted by Crippen LogP contribution is -2.35. The van der Waals surface area contributed by atoms with Gasteiger partial charge in [-0.2, -0.15) is 15.1 Å². The molecule has 0 spiro atoms. The smallest absolute Gasteiger partial charge is 0.283 e. The largest absolute Gasteiger partial charge is 0.493 e. The molecule has 5 rings (SSSR count). The lowest BCUT2D eigenvalue weighted by atomic mass is 10.1. The number of methoxy groups -OCH3 is 1. The van der Waals surface area contributed by atoms with Crippen molar-refractivity contribution in [3.05, 3.63) is 80.5 Å². The van der Waals surface area contributed by atoms with E-state index in [9.17, 15) is 4.79 Å². The number of aryl methyl sites for hydroxylation is 1. The van der Waals surface area contributed by atoms with Gasteiger partial charge < -0.3 is 14.2 Å². The van der Waals surface area contributed by atoms with Gasteiger partial charge in [0.25, 0.3) is 5.91 Å². The fourth-order valence-corrected chi connectivity index (χ4v) is 5.49. The van der Waals surface area contributed by atoms with Gasteiger partial charge >= 0.3 is 0 Å². The number of amidine groups is 2. The van der Waals surface area contributed by atoms with Crippen LogP contribution in [0.25, 0.3) is 6.08 Å². The maximum atomic E-state index is 12.7. The number of thioether (sulfide) groups is 1. The minimum atomic E-state index is -0.480. The van der Waals surface area contributed by atoms with Crippen LogP contribution in [0, 0.1) is 12.3 Å². The number of nitrogens with one attached hydrogen (secondary N) is 1. The van der Waals surface area contributed by atoms with Crippen LogP contribution in [0.15, 0.2) is 69.6 Å². The number of hydrogen-bond donors (Lipinski definition) is 1. The highest BCUT2D eigenvalue weighted by Crippen LogP contribution is 2.33. The molecule has 3 aromatic rings. The lowest BCUT2D eigenvalue weighted by molar-refractivity contribution is -0.114. The number of carbonyl (C=O) groups excluding carboxylic acids is 1. The maximum absolute atomic E-state index is 12.7. The van der Waals surface area contributed by atoms with Crippen molar-refractivity contribution in [1.29, 1.82) is 5.41 Å². The molecular formula is C27H23ClN4O4S2. The summed E-state index contributed by atoms with van der Waals surface area (Å²) in [6.45, 7) is 2.86. The van der Waals surface area contributed by atoms with Gasteiger partial charge in [-0.15, -0.1) is 11.3 Å². The Labute approximate surface area is 233 Å². The van der Waals surface area contributed by atoms with E-state index in [0.29, 0.717) is 46.9 Å². The summed E-state index contributed by atoms with van der Waals surface area (Å²) in [6.07, 6.45) is 2.28. The summed E-state index contributed by atoms with van der Waals surface area (Å²) in [5, 5.41) is 18.3. The van der Waals surface area contributed by atoms with E-state index in [4.69, 9.17) is 31.2 Å². The van der Waals surface area contributed by atoms with Crippen LogP contribution in [-0.4, -0.2) is 47.3 Å². The Hall–Kier alpha value is -3.60. The van der Waals surface area contributed by atoms with Gasteiger partial charge in [-0.25, -0.2) is 0 Å². The number of nitrogens with zero attached hydrogens (tertiary/aromatic N) is 3. The number of aliphatic imine (C=N–C) groups is 1. The van der Waals surface area contributed by atoms with Gasteiger partial charge in [-0.05, 0) is 77.7 Å². The van der Waals surface area contributed by atoms with E-state index in [2.05, 4.69) is 10.1 Å². The first-order valence-corrected chi connectivity index (χ1v) is 13.7. The van der Waals surface area contributed by atoms with Crippen LogP contribution < -0.4 is 14.2 Å². The number of halogens is 1. The lowest BCUT2D eigenvalue weighted by Gasteiger charge is -2.20. The molecule has 3 heterocycles. The number of fused-ring (bicyclic) bond motifs is 1. The van der Waals surface area contributed by atoms with E-state index >= 15 is 0 Å². The second kappa shape index (κ2) is 11.4. The van der Waals surface area contributed by atoms with Crippen LogP contribution in [0.2, 0.25) is 5.02 Å². The molecule has 2 aliphatic rings. The molecule has 0 atom stereocenters. The molecule has 2 aromatic carbocycles. The number of thiophene rings is 1. The summed E-state index contributed by atoms with van der Waals surface area (Å²) in [7, 11) is 1.55. The highest BCUT2D eigenvalue weighted by molar-refractivity contribution is 8.27. The van der Waals surface area contributed by atoms with E-state index in [-0.39, 0.29) is 11.4 Å². The van der Waals surface area contributed by atoms with Crippen molar-refractivity contribution in [2.75, 3.05) is 20.3 Å². The number of rotatable bonds is 9. The number of carbonyl (C=O) groups is 1. The van der Waals surface area contributed by atoms with Crippen LogP contribution in [0.1, 0.15) is 22.4 Å². The van der Waals surface area contributed by atoms with Crippen LogP contribution in [0.3, 0.4) is 0 Å². The molecule has 0 radical (unpaired) electrons. The zero-order valence-electron chi connectivity index (χ0n) is 20.6. The predicted octanol–water partition coefficient (Wildman–Crippen LogP) is 6.23. The fraction of sp³-hybridized carbons (Fsp3) is 0.185. The Balaban J connectivity index is 1.22. The van der Waals surface area contributed by atoms with Crippen LogP contribution in [0.5, 0.6) is 17.2 Å². The second-order valence-electron chi connectivity index (χ2n) is 8.27. The first-order chi connectivity index (χ1) is 18.4. The molecule has 38 heavy (non-hydrogen) atoms. The summed E-state index contributed by atoms with van der Waals surface area (Å²) >= 11 is 8.88. The van der Waals surface area contributed by atoms with Crippen molar-refractivity contribution in [1.82, 2.24) is 5.01 Å². The standard InChI is InChI=1S/C27H23ClN4O4S2/c1-16-13-18(7-8-20(16)28)35-10-4-11-36-21-9-6-17(15-22(21)34-2)14-19-24(29)32-27(30-25(19)33)38-26(31-32)23-5-3-12-37-23/h3,5-9,12-15,29H,4,10-11H2,1-2H3/b19-14-,29-24?. The van der Waals surface area contributed by atoms with Crippen molar-refractivity contribution in [3.8, 4) is 17.2 Å². The summed E-state index contributed by atoms with van der Waals surface area (Å²) in [5.41, 5.74) is 1.79. The predicted molar refractivity (Wildman–Crippen MR) is 153 cm³/mol. The Morgan fingerprint density at radius 1 is 1.11 bits per heavy atom. The van der Waals surface area contributed by atoms with Crippen LogP contribution >= 0.6 is 34.7 Å². The highest BCUT2D eigenvalue weighted by atomic mass is 35.5. The first-order valence-electron chi connectivity index (χ1n) is 11.7. The van der Waals surface area contributed by atoms with Crippen LogP contribution in [-0.2, 0) is 4.79 Å². The number of ether oxygens (including phenoxy) is 3. The van der Waals surface area contributed by atoms with E-state index in [1.165, 1.54) is 16.8 Å². The third-order valence-electron chi connectivity index (χ3n) is 5.63. The normalized spacial score (nSPS) is 15.9. The van der Waals surface area contributed by atoms with Gasteiger partial charge in [-0.3, -0.25) is 10.2 Å². The number of hydrazone groups is 1. The first kappa shape index (κ1) is 26.0. The molecule has 194 valence electrons. The molecule has 0 bridgehead atoms. The quantitative estimate of drug-likeness (QED) is 0.243. The third-order valence-corrected chi connectivity index (χ3v) is 8.00. The molecule has 0 aliphatic carbocycles. The minimum Gasteiger partial charge on any atom is -0.493 e. The highest BCUT2D eigenvalue weighted by Gasteiger charge is 2.36. The molecule has 11 heteroatoms. The molecule has 1 amide bonds. The van der Waals surface area contributed by atoms with Gasteiger partial charge in [0, 0.05) is 11.4 Å². The third kappa shape index (κ3) is 5.62. The fourth-order valence-electron chi connectivity index (χ4n) is 3.69. The molecule has 2 aliphatic heterocycles. The van der Waals surface area contributed by atoms with Gasteiger partial charge in [0.1, 0.15) is 10.8 Å². The molecule has 0 saturated carbocycles. The summed E-state index contributed by atoms with van der Waals surface area (Å²) in [5.74, 6) is 1.36. The molecule has 8 nitrogen and oxygen atoms in total. The number of amides is 1. The van der Waals surface area contributed by atoms with Crippen molar-refractivity contribution in [2.24, 2.45) is 10.1 Å². The molecule has 1 N–H and O–H groups in total. The Kier molecular flexibility index (Phi) is 7.82. The number of benzene rings is 2. The topological polar surface area (TPSA) is 96.6 Å². The summed E-state index contributed by atoms with van der Waals surface area (Å²) < 4.78 is 17.2. The van der Waals surface area contributed by atoms with Gasteiger partial charge in [0.05, 0.1) is 30.8 Å². The molecule has 0 saturated heterocycles. The number of hydrogen-bond acceptors (Lipinski definition) is 8. The summed E-state index contributed by atoms with van der Waals surface area (Å²) in [6, 6.07) is 14.8. The Morgan fingerprint density at radius 2 is 1.95 bits per heavy atom.